The van der Waals surface area contributed by atoms with Crippen LogP contribution in [-0.2, 0) is 14.6 Å². The smallest absolute Gasteiger partial charge is 0.169 e. The summed E-state index contributed by atoms with van der Waals surface area (Å²) in [5.41, 5.74) is 0. The molecule has 1 aliphatic heterocycles. The van der Waals surface area contributed by atoms with Gasteiger partial charge in [-0.15, -0.1) is 5.10 Å². The standard InChI is InChI=1S/C13H22N4O3S/c1-10(21(18,19)12-7-8-20-9-12)13-14-15-16-17(13)11-5-3-2-4-6-11/h10-12H,2-9H2,1H3. The van der Waals surface area contributed by atoms with Crippen molar-refractivity contribution in [3.05, 3.63) is 5.82 Å². The molecule has 2 aliphatic rings. The van der Waals surface area contributed by atoms with Gasteiger partial charge >= 0.3 is 0 Å². The molecule has 0 spiro atoms. The molecule has 0 amide bonds. The first kappa shape index (κ1) is 14.9. The molecule has 3 rings (SSSR count). The highest BCUT2D eigenvalue weighted by Crippen LogP contribution is 2.32. The van der Waals surface area contributed by atoms with Crippen LogP contribution in [0.1, 0.15) is 62.6 Å². The summed E-state index contributed by atoms with van der Waals surface area (Å²) in [6.07, 6.45) is 6.16. The number of tetrazole rings is 1. The predicted molar refractivity (Wildman–Crippen MR) is 76.5 cm³/mol. The maximum Gasteiger partial charge on any atom is 0.169 e. The van der Waals surface area contributed by atoms with E-state index in [1.165, 1.54) is 6.42 Å². The summed E-state index contributed by atoms with van der Waals surface area (Å²) in [6, 6.07) is 0.237. The maximum atomic E-state index is 12.7. The molecule has 1 aromatic rings. The van der Waals surface area contributed by atoms with Crippen LogP contribution in [0.2, 0.25) is 0 Å². The zero-order valence-electron chi connectivity index (χ0n) is 12.3. The van der Waals surface area contributed by atoms with Gasteiger partial charge in [-0.25, -0.2) is 13.1 Å². The molecule has 0 radical (unpaired) electrons. The summed E-state index contributed by atoms with van der Waals surface area (Å²) >= 11 is 0. The molecule has 1 saturated heterocycles. The minimum Gasteiger partial charge on any atom is -0.380 e. The molecule has 1 saturated carbocycles. The highest BCUT2D eigenvalue weighted by molar-refractivity contribution is 7.92. The van der Waals surface area contributed by atoms with E-state index in [9.17, 15) is 8.42 Å². The molecule has 2 fully saturated rings. The number of aromatic nitrogens is 4. The van der Waals surface area contributed by atoms with E-state index in [0.29, 0.717) is 18.9 Å². The lowest BCUT2D eigenvalue weighted by Gasteiger charge is -2.24. The Kier molecular flexibility index (Phi) is 4.26. The van der Waals surface area contributed by atoms with E-state index in [1.807, 2.05) is 0 Å². The quantitative estimate of drug-likeness (QED) is 0.836. The number of rotatable bonds is 4. The molecule has 118 valence electrons. The lowest BCUT2D eigenvalue weighted by atomic mass is 9.95. The fourth-order valence-corrected chi connectivity index (χ4v) is 5.00. The lowest BCUT2D eigenvalue weighted by Crippen LogP contribution is -2.29. The van der Waals surface area contributed by atoms with Gasteiger partial charge in [0.1, 0.15) is 5.25 Å². The van der Waals surface area contributed by atoms with Crippen LogP contribution in [0.3, 0.4) is 0 Å². The van der Waals surface area contributed by atoms with Gasteiger partial charge in [-0.05, 0) is 36.6 Å². The van der Waals surface area contributed by atoms with Crippen molar-refractivity contribution in [1.82, 2.24) is 20.2 Å². The summed E-state index contributed by atoms with van der Waals surface area (Å²) in [4.78, 5) is 0. The van der Waals surface area contributed by atoms with Gasteiger partial charge in [0.15, 0.2) is 15.7 Å². The van der Waals surface area contributed by atoms with Crippen LogP contribution in [0, 0.1) is 0 Å². The Morgan fingerprint density at radius 1 is 1.24 bits per heavy atom. The van der Waals surface area contributed by atoms with Crippen molar-refractivity contribution in [3.63, 3.8) is 0 Å². The van der Waals surface area contributed by atoms with E-state index < -0.39 is 20.3 Å². The van der Waals surface area contributed by atoms with Gasteiger partial charge in [-0.3, -0.25) is 0 Å². The van der Waals surface area contributed by atoms with Gasteiger partial charge in [-0.1, -0.05) is 19.3 Å². The normalized spacial score (nSPS) is 26.0. The Hall–Kier alpha value is -1.02. The molecule has 0 bridgehead atoms. The molecule has 8 heteroatoms. The van der Waals surface area contributed by atoms with E-state index in [2.05, 4.69) is 15.5 Å². The minimum atomic E-state index is -3.31. The lowest BCUT2D eigenvalue weighted by molar-refractivity contribution is 0.198. The molecule has 2 atom stereocenters. The second-order valence-corrected chi connectivity index (χ2v) is 8.54. The monoisotopic (exact) mass is 314 g/mol. The maximum absolute atomic E-state index is 12.7. The van der Waals surface area contributed by atoms with Crippen LogP contribution in [0.25, 0.3) is 0 Å². The highest BCUT2D eigenvalue weighted by atomic mass is 32.2. The van der Waals surface area contributed by atoms with Crippen LogP contribution in [0.5, 0.6) is 0 Å². The Morgan fingerprint density at radius 2 is 2.00 bits per heavy atom. The largest absolute Gasteiger partial charge is 0.380 e. The van der Waals surface area contributed by atoms with Gasteiger partial charge in [0.05, 0.1) is 17.9 Å². The third-order valence-corrected chi connectivity index (χ3v) is 7.15. The van der Waals surface area contributed by atoms with E-state index in [1.54, 1.807) is 11.6 Å². The second-order valence-electron chi connectivity index (χ2n) is 5.99. The molecular formula is C13H22N4O3S. The molecule has 1 aromatic heterocycles. The van der Waals surface area contributed by atoms with Gasteiger partial charge in [0.25, 0.3) is 0 Å². The average Bonchev–Trinajstić information content (AvgIpc) is 3.18. The minimum absolute atomic E-state index is 0.237. The van der Waals surface area contributed by atoms with Gasteiger partial charge in [0.2, 0.25) is 0 Å². The van der Waals surface area contributed by atoms with Crippen LogP contribution in [0.15, 0.2) is 0 Å². The average molecular weight is 314 g/mol. The zero-order valence-corrected chi connectivity index (χ0v) is 13.1. The van der Waals surface area contributed by atoms with Crippen LogP contribution >= 0.6 is 0 Å². The summed E-state index contributed by atoms with van der Waals surface area (Å²) in [6.45, 7) is 2.50. The van der Waals surface area contributed by atoms with Gasteiger partial charge < -0.3 is 4.74 Å². The van der Waals surface area contributed by atoms with E-state index in [0.717, 1.165) is 25.7 Å². The van der Waals surface area contributed by atoms with E-state index >= 15 is 0 Å². The molecule has 21 heavy (non-hydrogen) atoms. The summed E-state index contributed by atoms with van der Waals surface area (Å²) in [7, 11) is -3.31. The number of hydrogen-bond acceptors (Lipinski definition) is 6. The topological polar surface area (TPSA) is 87.0 Å². The zero-order chi connectivity index (χ0) is 14.9. The summed E-state index contributed by atoms with van der Waals surface area (Å²) < 4.78 is 32.3. The third-order valence-electron chi connectivity index (χ3n) is 4.65. The molecule has 0 N–H and O–H groups in total. The number of hydrogen-bond donors (Lipinski definition) is 0. The van der Waals surface area contributed by atoms with E-state index in [4.69, 9.17) is 4.74 Å². The summed E-state index contributed by atoms with van der Waals surface area (Å²) in [5, 5.41) is 10.7. The highest BCUT2D eigenvalue weighted by Gasteiger charge is 2.38. The Morgan fingerprint density at radius 3 is 2.67 bits per heavy atom. The molecule has 2 heterocycles. The van der Waals surface area contributed by atoms with Crippen molar-refractivity contribution < 1.29 is 13.2 Å². The fraction of sp³-hybridized carbons (Fsp3) is 0.923. The van der Waals surface area contributed by atoms with Crippen LogP contribution in [-0.4, -0.2) is 47.1 Å². The summed E-state index contributed by atoms with van der Waals surface area (Å²) in [5.74, 6) is 0.480. The third kappa shape index (κ3) is 2.83. The predicted octanol–water partition coefficient (Wildman–Crippen LogP) is 1.44. The van der Waals surface area contributed by atoms with Crippen LogP contribution < -0.4 is 0 Å². The number of ether oxygens (including phenoxy) is 1. The fourth-order valence-electron chi connectivity index (χ4n) is 3.26. The van der Waals surface area contributed by atoms with Crippen molar-refractivity contribution in [2.75, 3.05) is 13.2 Å². The van der Waals surface area contributed by atoms with Crippen molar-refractivity contribution in [3.8, 4) is 0 Å². The first-order valence-corrected chi connectivity index (χ1v) is 9.30. The van der Waals surface area contributed by atoms with Gasteiger partial charge in [0, 0.05) is 6.61 Å². The number of nitrogens with zero attached hydrogens (tertiary/aromatic N) is 4. The molecular weight excluding hydrogens is 292 g/mol. The van der Waals surface area contributed by atoms with Crippen LogP contribution in [0.4, 0.5) is 0 Å². The Bertz CT molecular complexity index is 574. The van der Waals surface area contributed by atoms with Crippen molar-refractivity contribution in [2.45, 2.75) is 62.0 Å². The first-order valence-electron chi connectivity index (χ1n) is 7.69. The molecule has 0 aromatic carbocycles. The van der Waals surface area contributed by atoms with Crippen molar-refractivity contribution in [2.24, 2.45) is 0 Å². The van der Waals surface area contributed by atoms with E-state index in [-0.39, 0.29) is 12.6 Å². The van der Waals surface area contributed by atoms with Crippen molar-refractivity contribution >= 4 is 9.84 Å². The SMILES string of the molecule is CC(c1nnnn1C1CCCCC1)S(=O)(=O)C1CCOC1. The van der Waals surface area contributed by atoms with Crippen molar-refractivity contribution in [1.29, 1.82) is 0 Å². The van der Waals surface area contributed by atoms with Gasteiger partial charge in [-0.2, -0.15) is 0 Å². The number of sulfone groups is 1. The molecule has 2 unspecified atom stereocenters. The second kappa shape index (κ2) is 6.00. The molecule has 1 aliphatic carbocycles. The first-order chi connectivity index (χ1) is 10.1. The Balaban J connectivity index is 1.84. The molecule has 7 nitrogen and oxygen atoms in total. The Labute approximate surface area is 125 Å².